The van der Waals surface area contributed by atoms with Crippen LogP contribution in [0.1, 0.15) is 17.2 Å². The van der Waals surface area contributed by atoms with Crippen LogP contribution >= 0.6 is 0 Å². The summed E-state index contributed by atoms with van der Waals surface area (Å²) >= 11 is 0. The number of likely N-dealkylation sites (N-methyl/N-ethyl adjacent to an activating group) is 1. The second-order valence-corrected chi connectivity index (χ2v) is 10.1. The maximum atomic E-state index is 13.1. The van der Waals surface area contributed by atoms with E-state index in [0.29, 0.717) is 44.1 Å². The molecular formula is C19H30N4O2S. The van der Waals surface area contributed by atoms with Crippen LogP contribution in [0.15, 0.2) is 24.3 Å². The molecule has 3 aliphatic rings. The molecule has 0 saturated carbocycles. The van der Waals surface area contributed by atoms with Crippen LogP contribution in [0.3, 0.4) is 0 Å². The van der Waals surface area contributed by atoms with Gasteiger partial charge in [-0.3, -0.25) is 4.90 Å². The van der Waals surface area contributed by atoms with Crippen molar-refractivity contribution in [2.75, 3.05) is 59.9 Å². The summed E-state index contributed by atoms with van der Waals surface area (Å²) in [5.74, 6) is 0.801. The maximum absolute atomic E-state index is 13.1. The van der Waals surface area contributed by atoms with Crippen LogP contribution < -0.4 is 0 Å². The van der Waals surface area contributed by atoms with Crippen molar-refractivity contribution in [3.05, 3.63) is 35.4 Å². The molecule has 3 atom stereocenters. The van der Waals surface area contributed by atoms with Gasteiger partial charge >= 0.3 is 0 Å². The van der Waals surface area contributed by atoms with Crippen molar-refractivity contribution < 1.29 is 8.42 Å². The number of hydrogen-bond donors (Lipinski definition) is 0. The van der Waals surface area contributed by atoms with Crippen LogP contribution in [0, 0.1) is 18.8 Å². The molecule has 3 saturated heterocycles. The lowest BCUT2D eigenvalue weighted by molar-refractivity contribution is 0.209. The highest BCUT2D eigenvalue weighted by Gasteiger charge is 2.50. The molecule has 0 aromatic heterocycles. The number of rotatable bonds is 3. The summed E-state index contributed by atoms with van der Waals surface area (Å²) in [7, 11) is 0.885. The van der Waals surface area contributed by atoms with E-state index in [4.69, 9.17) is 0 Å². The van der Waals surface area contributed by atoms with Gasteiger partial charge in [-0.25, -0.2) is 0 Å². The Morgan fingerprint density at radius 1 is 0.923 bits per heavy atom. The fraction of sp³-hybridized carbons (Fsp3) is 0.684. The second kappa shape index (κ2) is 6.87. The molecule has 0 bridgehead atoms. The van der Waals surface area contributed by atoms with E-state index in [2.05, 4.69) is 48.0 Å². The molecule has 3 fully saturated rings. The SMILES string of the molecule is Cc1ccccc1[C@@H]1[C@@H]2CN(S(=O)(=O)N3CCN(C)CC3)C[C@@H]2CN1C. The highest BCUT2D eigenvalue weighted by atomic mass is 32.2. The van der Waals surface area contributed by atoms with E-state index < -0.39 is 10.2 Å². The number of piperazine rings is 1. The standard InChI is InChI=1S/C19H30N4O2S/c1-15-6-4-5-7-17(15)19-18-14-23(13-16(18)12-21(19)3)26(24,25)22-10-8-20(2)9-11-22/h4-7,16,18-19H,8-14H2,1-3H3/t16-,18+,19+/m0/s1. The molecule has 0 amide bonds. The first-order chi connectivity index (χ1) is 12.4. The number of aryl methyl sites for hydroxylation is 1. The monoisotopic (exact) mass is 378 g/mol. The first-order valence-corrected chi connectivity index (χ1v) is 11.0. The van der Waals surface area contributed by atoms with Crippen LogP contribution in [0.25, 0.3) is 0 Å². The molecule has 0 N–H and O–H groups in total. The average molecular weight is 379 g/mol. The number of hydrogen-bond acceptors (Lipinski definition) is 4. The Morgan fingerprint density at radius 3 is 2.31 bits per heavy atom. The van der Waals surface area contributed by atoms with Crippen LogP contribution in [0.2, 0.25) is 0 Å². The first kappa shape index (κ1) is 18.4. The zero-order valence-electron chi connectivity index (χ0n) is 16.0. The average Bonchev–Trinajstić information content (AvgIpc) is 3.13. The molecule has 3 aliphatic heterocycles. The number of nitrogens with zero attached hydrogens (tertiary/aromatic N) is 4. The fourth-order valence-electron chi connectivity index (χ4n) is 4.97. The van der Waals surface area contributed by atoms with Crippen molar-refractivity contribution >= 4 is 10.2 Å². The largest absolute Gasteiger partial charge is 0.304 e. The molecule has 1 aromatic rings. The van der Waals surface area contributed by atoms with Crippen molar-refractivity contribution in [1.29, 1.82) is 0 Å². The summed E-state index contributed by atoms with van der Waals surface area (Å²) in [5.41, 5.74) is 2.65. The summed E-state index contributed by atoms with van der Waals surface area (Å²) in [6, 6.07) is 8.84. The minimum atomic E-state index is -3.34. The van der Waals surface area contributed by atoms with Gasteiger partial charge in [-0.2, -0.15) is 17.0 Å². The Morgan fingerprint density at radius 2 is 1.62 bits per heavy atom. The number of fused-ring (bicyclic) bond motifs is 1. The zero-order chi connectivity index (χ0) is 18.5. The minimum absolute atomic E-state index is 0.314. The summed E-state index contributed by atoms with van der Waals surface area (Å²) in [6.07, 6.45) is 0. The van der Waals surface area contributed by atoms with Crippen molar-refractivity contribution in [3.63, 3.8) is 0 Å². The highest BCUT2D eigenvalue weighted by Crippen LogP contribution is 2.45. The number of likely N-dealkylation sites (tertiary alicyclic amines) is 1. The lowest BCUT2D eigenvalue weighted by Gasteiger charge is -2.35. The van der Waals surface area contributed by atoms with Crippen LogP contribution in [0.5, 0.6) is 0 Å². The molecule has 6 nitrogen and oxygen atoms in total. The second-order valence-electron chi connectivity index (χ2n) is 8.19. The molecule has 7 heteroatoms. The van der Waals surface area contributed by atoms with E-state index >= 15 is 0 Å². The third-order valence-electron chi connectivity index (χ3n) is 6.48. The van der Waals surface area contributed by atoms with Gasteiger partial charge in [0, 0.05) is 51.9 Å². The van der Waals surface area contributed by atoms with Crippen LogP contribution in [-0.4, -0.2) is 86.7 Å². The van der Waals surface area contributed by atoms with Gasteiger partial charge in [-0.05, 0) is 44.0 Å². The highest BCUT2D eigenvalue weighted by molar-refractivity contribution is 7.86. The van der Waals surface area contributed by atoms with Gasteiger partial charge < -0.3 is 4.90 Å². The van der Waals surface area contributed by atoms with Crippen LogP contribution in [0.4, 0.5) is 0 Å². The molecule has 0 unspecified atom stereocenters. The smallest absolute Gasteiger partial charge is 0.282 e. The third kappa shape index (κ3) is 3.10. The van der Waals surface area contributed by atoms with Gasteiger partial charge in [0.05, 0.1) is 0 Å². The lowest BCUT2D eigenvalue weighted by Crippen LogP contribution is -2.52. The topological polar surface area (TPSA) is 47.1 Å². The molecule has 0 aliphatic carbocycles. The van der Waals surface area contributed by atoms with E-state index in [1.807, 2.05) is 7.05 Å². The molecule has 26 heavy (non-hydrogen) atoms. The van der Waals surface area contributed by atoms with Gasteiger partial charge in [0.2, 0.25) is 0 Å². The van der Waals surface area contributed by atoms with Gasteiger partial charge in [0.1, 0.15) is 0 Å². The molecule has 3 heterocycles. The van der Waals surface area contributed by atoms with Gasteiger partial charge in [-0.15, -0.1) is 0 Å². The predicted molar refractivity (Wildman–Crippen MR) is 103 cm³/mol. The van der Waals surface area contributed by atoms with E-state index in [1.54, 1.807) is 8.61 Å². The zero-order valence-corrected chi connectivity index (χ0v) is 16.8. The van der Waals surface area contributed by atoms with Gasteiger partial charge in [-0.1, -0.05) is 24.3 Å². The van der Waals surface area contributed by atoms with E-state index in [9.17, 15) is 8.42 Å². The molecule has 0 radical (unpaired) electrons. The molecular weight excluding hydrogens is 348 g/mol. The summed E-state index contributed by atoms with van der Waals surface area (Å²) < 4.78 is 29.7. The Hall–Kier alpha value is -0.990. The molecule has 0 spiro atoms. The summed E-state index contributed by atoms with van der Waals surface area (Å²) in [5, 5.41) is 0. The van der Waals surface area contributed by atoms with E-state index in [0.717, 1.165) is 19.6 Å². The van der Waals surface area contributed by atoms with Gasteiger partial charge in [0.25, 0.3) is 10.2 Å². The Labute approximate surface area is 157 Å². The molecule has 144 valence electrons. The van der Waals surface area contributed by atoms with E-state index in [-0.39, 0.29) is 0 Å². The first-order valence-electron chi connectivity index (χ1n) is 9.57. The Kier molecular flexibility index (Phi) is 4.86. The molecule has 4 rings (SSSR count). The lowest BCUT2D eigenvalue weighted by atomic mass is 9.88. The Balaban J connectivity index is 1.53. The predicted octanol–water partition coefficient (Wildman–Crippen LogP) is 1.02. The van der Waals surface area contributed by atoms with Crippen molar-refractivity contribution in [3.8, 4) is 0 Å². The van der Waals surface area contributed by atoms with Crippen LogP contribution in [-0.2, 0) is 10.2 Å². The van der Waals surface area contributed by atoms with Crippen molar-refractivity contribution in [1.82, 2.24) is 18.4 Å². The Bertz CT molecular complexity index is 761. The number of benzene rings is 1. The quantitative estimate of drug-likeness (QED) is 0.788. The van der Waals surface area contributed by atoms with Crippen molar-refractivity contribution in [2.24, 2.45) is 11.8 Å². The normalized spacial score (nSPS) is 32.2. The summed E-state index contributed by atoms with van der Waals surface area (Å²) in [6.45, 7) is 7.26. The van der Waals surface area contributed by atoms with Crippen molar-refractivity contribution in [2.45, 2.75) is 13.0 Å². The maximum Gasteiger partial charge on any atom is 0.282 e. The fourth-order valence-corrected chi connectivity index (χ4v) is 6.67. The summed E-state index contributed by atoms with van der Waals surface area (Å²) in [4.78, 5) is 4.60. The van der Waals surface area contributed by atoms with E-state index in [1.165, 1.54) is 11.1 Å². The molecule has 1 aromatic carbocycles. The minimum Gasteiger partial charge on any atom is -0.304 e. The third-order valence-corrected chi connectivity index (χ3v) is 8.45. The van der Waals surface area contributed by atoms with Gasteiger partial charge in [0.15, 0.2) is 0 Å².